The maximum atomic E-state index is 12.2. The number of rotatable bonds is 5. The minimum Gasteiger partial charge on any atom is -0.347 e. The first-order valence-electron chi connectivity index (χ1n) is 6.79. The normalized spacial score (nSPS) is 10.8. The molecule has 0 unspecified atom stereocenters. The van der Waals surface area contributed by atoms with Gasteiger partial charge in [0.2, 0.25) is 0 Å². The lowest BCUT2D eigenvalue weighted by Crippen LogP contribution is -2.25. The number of carbonyl (C=O) groups excluding carboxylic acids is 1. The van der Waals surface area contributed by atoms with Crippen LogP contribution in [-0.4, -0.2) is 29.9 Å². The molecule has 0 saturated heterocycles. The van der Waals surface area contributed by atoms with Crippen LogP contribution in [0, 0.1) is 0 Å². The van der Waals surface area contributed by atoms with Crippen LogP contribution in [0.5, 0.6) is 0 Å². The molecular formula is C16H17Cl2N3O. The summed E-state index contributed by atoms with van der Waals surface area (Å²) in [5.74, 6) is -0.341. The number of hydrogen-bond donors (Lipinski definition) is 1. The molecule has 4 nitrogen and oxygen atoms in total. The van der Waals surface area contributed by atoms with Gasteiger partial charge in [-0.05, 0) is 37.4 Å². The Bertz CT molecular complexity index is 674. The summed E-state index contributed by atoms with van der Waals surface area (Å²) in [5, 5.41) is 3.35. The van der Waals surface area contributed by atoms with Crippen LogP contribution in [0.3, 0.4) is 0 Å². The van der Waals surface area contributed by atoms with Crippen molar-refractivity contribution in [2.75, 3.05) is 14.1 Å². The van der Waals surface area contributed by atoms with Gasteiger partial charge in [-0.1, -0.05) is 47.5 Å². The van der Waals surface area contributed by atoms with Gasteiger partial charge in [-0.15, -0.1) is 0 Å². The van der Waals surface area contributed by atoms with Crippen LogP contribution in [0.2, 0.25) is 10.2 Å². The minimum absolute atomic E-state index is 0.138. The lowest BCUT2D eigenvalue weighted by Gasteiger charge is -2.14. The average molecular weight is 338 g/mol. The zero-order valence-electron chi connectivity index (χ0n) is 12.4. The Labute approximate surface area is 140 Å². The van der Waals surface area contributed by atoms with Gasteiger partial charge in [-0.25, -0.2) is 4.98 Å². The van der Waals surface area contributed by atoms with E-state index < -0.39 is 0 Å². The van der Waals surface area contributed by atoms with Gasteiger partial charge in [0.05, 0.1) is 5.02 Å². The zero-order chi connectivity index (χ0) is 16.1. The van der Waals surface area contributed by atoms with Crippen molar-refractivity contribution in [3.63, 3.8) is 0 Å². The standard InChI is InChI=1S/C16H17Cl2N3O/c1-21(2)10-12-6-4-3-5-11(12)9-19-16(22)15-13(17)7-8-14(18)20-15/h3-8H,9-10H2,1-2H3,(H,19,22). The largest absolute Gasteiger partial charge is 0.347 e. The van der Waals surface area contributed by atoms with Crippen LogP contribution < -0.4 is 5.32 Å². The minimum atomic E-state index is -0.341. The van der Waals surface area contributed by atoms with Gasteiger partial charge >= 0.3 is 0 Å². The summed E-state index contributed by atoms with van der Waals surface area (Å²) < 4.78 is 0. The van der Waals surface area contributed by atoms with Crippen molar-refractivity contribution in [1.29, 1.82) is 0 Å². The lowest BCUT2D eigenvalue weighted by atomic mass is 10.1. The highest BCUT2D eigenvalue weighted by molar-refractivity contribution is 6.34. The third-order valence-corrected chi connectivity index (χ3v) is 3.59. The number of aromatic nitrogens is 1. The van der Waals surface area contributed by atoms with Crippen molar-refractivity contribution in [1.82, 2.24) is 15.2 Å². The Kier molecular flexibility index (Phi) is 5.77. The molecule has 22 heavy (non-hydrogen) atoms. The third kappa shape index (κ3) is 4.44. The molecule has 2 aromatic rings. The molecule has 0 fully saturated rings. The summed E-state index contributed by atoms with van der Waals surface area (Å²) in [4.78, 5) is 18.2. The van der Waals surface area contributed by atoms with Crippen LogP contribution in [0.25, 0.3) is 0 Å². The maximum Gasteiger partial charge on any atom is 0.271 e. The topological polar surface area (TPSA) is 45.2 Å². The second kappa shape index (κ2) is 7.58. The van der Waals surface area contributed by atoms with Crippen LogP contribution in [0.15, 0.2) is 36.4 Å². The van der Waals surface area contributed by atoms with Crippen LogP contribution in [0.4, 0.5) is 0 Å². The molecule has 0 atom stereocenters. The number of nitrogens with one attached hydrogen (secondary N) is 1. The summed E-state index contributed by atoms with van der Waals surface area (Å²) in [6, 6.07) is 11.1. The van der Waals surface area contributed by atoms with Gasteiger partial charge in [0.25, 0.3) is 5.91 Å². The van der Waals surface area contributed by atoms with Crippen LogP contribution >= 0.6 is 23.2 Å². The molecule has 0 bridgehead atoms. The van der Waals surface area contributed by atoms with Crippen molar-refractivity contribution < 1.29 is 4.79 Å². The van der Waals surface area contributed by atoms with Crippen molar-refractivity contribution in [2.45, 2.75) is 13.1 Å². The monoisotopic (exact) mass is 337 g/mol. The Morgan fingerprint density at radius 2 is 1.82 bits per heavy atom. The van der Waals surface area contributed by atoms with E-state index in [2.05, 4.69) is 15.2 Å². The summed E-state index contributed by atoms with van der Waals surface area (Å²) in [6.07, 6.45) is 0. The first-order valence-corrected chi connectivity index (χ1v) is 7.54. The average Bonchev–Trinajstić information content (AvgIpc) is 2.48. The number of carbonyl (C=O) groups is 1. The predicted molar refractivity (Wildman–Crippen MR) is 89.3 cm³/mol. The van der Waals surface area contributed by atoms with E-state index in [-0.39, 0.29) is 21.8 Å². The third-order valence-electron chi connectivity index (χ3n) is 3.07. The summed E-state index contributed by atoms with van der Waals surface area (Å²) in [5.41, 5.74) is 2.36. The maximum absolute atomic E-state index is 12.2. The van der Waals surface area contributed by atoms with Gasteiger partial charge in [-0.3, -0.25) is 4.79 Å². The van der Waals surface area contributed by atoms with Gasteiger partial charge in [0.1, 0.15) is 10.8 Å². The van der Waals surface area contributed by atoms with E-state index >= 15 is 0 Å². The number of halogens is 2. The Morgan fingerprint density at radius 3 is 2.50 bits per heavy atom. The number of benzene rings is 1. The molecule has 6 heteroatoms. The fourth-order valence-corrected chi connectivity index (χ4v) is 2.40. The molecule has 116 valence electrons. The van der Waals surface area contributed by atoms with Gasteiger partial charge in [-0.2, -0.15) is 0 Å². The predicted octanol–water partition coefficient (Wildman–Crippen LogP) is 3.38. The highest BCUT2D eigenvalue weighted by Crippen LogP contribution is 2.17. The van der Waals surface area contributed by atoms with E-state index in [9.17, 15) is 4.79 Å². The van der Waals surface area contributed by atoms with Crippen LogP contribution in [0.1, 0.15) is 21.6 Å². The van der Waals surface area contributed by atoms with Crippen molar-refractivity contribution in [3.8, 4) is 0 Å². The molecule has 0 aliphatic heterocycles. The zero-order valence-corrected chi connectivity index (χ0v) is 13.9. The second-order valence-corrected chi connectivity index (χ2v) is 5.95. The fraction of sp³-hybridized carbons (Fsp3) is 0.250. The second-order valence-electron chi connectivity index (χ2n) is 5.15. The van der Waals surface area contributed by atoms with Crippen molar-refractivity contribution >= 4 is 29.1 Å². The van der Waals surface area contributed by atoms with Crippen LogP contribution in [-0.2, 0) is 13.1 Å². The molecule has 0 spiro atoms. The molecule has 1 aromatic heterocycles. The highest BCUT2D eigenvalue weighted by Gasteiger charge is 2.13. The van der Waals surface area contributed by atoms with E-state index in [1.807, 2.05) is 38.4 Å². The van der Waals surface area contributed by atoms with Gasteiger partial charge < -0.3 is 10.2 Å². The number of nitrogens with zero attached hydrogens (tertiary/aromatic N) is 2. The SMILES string of the molecule is CN(C)Cc1ccccc1CNC(=O)c1nc(Cl)ccc1Cl. The molecule has 1 N–H and O–H groups in total. The first kappa shape index (κ1) is 16.7. The van der Waals surface area contributed by atoms with E-state index in [0.29, 0.717) is 6.54 Å². The smallest absolute Gasteiger partial charge is 0.271 e. The lowest BCUT2D eigenvalue weighted by molar-refractivity contribution is 0.0946. The van der Waals surface area contributed by atoms with E-state index in [0.717, 1.165) is 17.7 Å². The van der Waals surface area contributed by atoms with Crippen molar-refractivity contribution in [2.24, 2.45) is 0 Å². The molecular weight excluding hydrogens is 321 g/mol. The molecule has 1 aromatic carbocycles. The fourth-order valence-electron chi connectivity index (χ4n) is 2.06. The van der Waals surface area contributed by atoms with Gasteiger partial charge in [0, 0.05) is 13.1 Å². The summed E-state index contributed by atoms with van der Waals surface area (Å²) >= 11 is 11.8. The summed E-state index contributed by atoms with van der Waals surface area (Å²) in [7, 11) is 4.01. The molecule has 0 radical (unpaired) electrons. The van der Waals surface area contributed by atoms with E-state index in [1.165, 1.54) is 0 Å². The summed E-state index contributed by atoms with van der Waals surface area (Å²) in [6.45, 7) is 1.22. The van der Waals surface area contributed by atoms with Crippen molar-refractivity contribution in [3.05, 3.63) is 63.4 Å². The molecule has 0 aliphatic rings. The molecule has 1 heterocycles. The number of amides is 1. The highest BCUT2D eigenvalue weighted by atomic mass is 35.5. The Morgan fingerprint density at radius 1 is 1.14 bits per heavy atom. The number of pyridine rings is 1. The van der Waals surface area contributed by atoms with E-state index in [4.69, 9.17) is 23.2 Å². The molecule has 0 aliphatic carbocycles. The number of hydrogen-bond acceptors (Lipinski definition) is 3. The first-order chi connectivity index (χ1) is 10.5. The Balaban J connectivity index is 2.10. The van der Waals surface area contributed by atoms with Gasteiger partial charge in [0.15, 0.2) is 0 Å². The molecule has 0 saturated carbocycles. The quantitative estimate of drug-likeness (QED) is 0.850. The molecule has 1 amide bonds. The molecule has 2 rings (SSSR count). The van der Waals surface area contributed by atoms with E-state index in [1.54, 1.807) is 12.1 Å². The Hall–Kier alpha value is -1.62.